The summed E-state index contributed by atoms with van der Waals surface area (Å²) in [6, 6.07) is 13.8. The Kier molecular flexibility index (Phi) is 9.17. The quantitative estimate of drug-likeness (QED) is 0.465. The van der Waals surface area contributed by atoms with Gasteiger partial charge in [0, 0.05) is 31.9 Å². The number of rotatable bonds is 10. The normalized spacial score (nSPS) is 21.7. The number of aromatic nitrogens is 1. The van der Waals surface area contributed by atoms with Crippen molar-refractivity contribution in [3.05, 3.63) is 60.4 Å². The molecule has 0 bridgehead atoms. The molecule has 2 aromatic rings. The van der Waals surface area contributed by atoms with Crippen LogP contribution in [-0.4, -0.2) is 45.1 Å². The maximum absolute atomic E-state index is 13.5. The van der Waals surface area contributed by atoms with Gasteiger partial charge in [0.1, 0.15) is 11.6 Å². The van der Waals surface area contributed by atoms with Crippen molar-refractivity contribution in [2.75, 3.05) is 0 Å². The zero-order valence-corrected chi connectivity index (χ0v) is 22.2. The number of nitrogens with one attached hydrogen (secondary N) is 1. The molecule has 4 atom stereocenters. The molecular formula is C29H43N3O3. The van der Waals surface area contributed by atoms with Crippen molar-refractivity contribution in [1.82, 2.24) is 14.8 Å². The summed E-state index contributed by atoms with van der Waals surface area (Å²) >= 11 is 0. The van der Waals surface area contributed by atoms with E-state index in [2.05, 4.69) is 53.2 Å². The highest BCUT2D eigenvalue weighted by Crippen LogP contribution is 2.40. The van der Waals surface area contributed by atoms with Crippen LogP contribution in [0.25, 0.3) is 0 Å². The van der Waals surface area contributed by atoms with E-state index in [1.807, 2.05) is 51.1 Å². The van der Waals surface area contributed by atoms with Crippen molar-refractivity contribution in [3.63, 3.8) is 0 Å². The Morgan fingerprint density at radius 3 is 2.23 bits per heavy atom. The van der Waals surface area contributed by atoms with Crippen LogP contribution in [0.3, 0.4) is 0 Å². The number of benzene rings is 1. The fourth-order valence-corrected chi connectivity index (χ4v) is 5.44. The van der Waals surface area contributed by atoms with Crippen molar-refractivity contribution in [1.29, 1.82) is 0 Å². The van der Waals surface area contributed by atoms with E-state index in [1.54, 1.807) is 6.92 Å². The smallest absolute Gasteiger partial charge is 0.323 e. The van der Waals surface area contributed by atoms with E-state index in [4.69, 9.17) is 4.74 Å². The van der Waals surface area contributed by atoms with E-state index in [1.165, 1.54) is 0 Å². The number of amides is 1. The van der Waals surface area contributed by atoms with Crippen LogP contribution in [0.1, 0.15) is 78.8 Å². The molecule has 0 aliphatic carbocycles. The summed E-state index contributed by atoms with van der Waals surface area (Å²) in [5, 5.41) is 3.29. The lowest BCUT2D eigenvalue weighted by molar-refractivity contribution is -0.161. The molecule has 0 saturated carbocycles. The third kappa shape index (κ3) is 7.20. The molecule has 6 heteroatoms. The maximum Gasteiger partial charge on any atom is 0.323 e. The van der Waals surface area contributed by atoms with Crippen molar-refractivity contribution in [2.24, 2.45) is 5.92 Å². The second kappa shape index (κ2) is 11.9. The van der Waals surface area contributed by atoms with E-state index in [0.717, 1.165) is 24.8 Å². The molecule has 1 aliphatic heterocycles. The number of hydrogen-bond acceptors (Lipinski definition) is 4. The second-order valence-corrected chi connectivity index (χ2v) is 10.9. The number of likely N-dealkylation sites (tertiary alicyclic amines) is 1. The molecule has 1 aromatic carbocycles. The summed E-state index contributed by atoms with van der Waals surface area (Å²) in [6.07, 6.45) is 7.76. The van der Waals surface area contributed by atoms with Crippen molar-refractivity contribution in [2.45, 2.75) is 104 Å². The van der Waals surface area contributed by atoms with Gasteiger partial charge in [-0.2, -0.15) is 0 Å². The Hall–Kier alpha value is -2.60. The number of carbonyl (C=O) groups excluding carboxylic acids is 2. The first-order valence-corrected chi connectivity index (χ1v) is 13.0. The van der Waals surface area contributed by atoms with E-state index in [9.17, 15) is 9.59 Å². The van der Waals surface area contributed by atoms with Crippen LogP contribution in [0.15, 0.2) is 54.9 Å². The summed E-state index contributed by atoms with van der Waals surface area (Å²) in [7, 11) is 0. The van der Waals surface area contributed by atoms with Crippen LogP contribution in [0.5, 0.6) is 0 Å². The van der Waals surface area contributed by atoms with E-state index in [-0.39, 0.29) is 30.0 Å². The van der Waals surface area contributed by atoms with Gasteiger partial charge < -0.3 is 14.6 Å². The summed E-state index contributed by atoms with van der Waals surface area (Å²) in [5.74, 6) is 0.265. The topological polar surface area (TPSA) is 63.6 Å². The molecule has 0 unspecified atom stereocenters. The third-order valence-electron chi connectivity index (χ3n) is 7.08. The molecule has 1 saturated heterocycles. The van der Waals surface area contributed by atoms with Gasteiger partial charge in [-0.25, -0.2) is 0 Å². The fourth-order valence-electron chi connectivity index (χ4n) is 5.44. The minimum Gasteiger partial charge on any atom is -0.459 e. The Morgan fingerprint density at radius 2 is 1.69 bits per heavy atom. The van der Waals surface area contributed by atoms with E-state index >= 15 is 0 Å². The van der Waals surface area contributed by atoms with Gasteiger partial charge in [-0.15, -0.1) is 0 Å². The Morgan fingerprint density at radius 1 is 1.06 bits per heavy atom. The minimum absolute atomic E-state index is 0.0346. The van der Waals surface area contributed by atoms with Gasteiger partial charge in [-0.1, -0.05) is 57.0 Å². The predicted octanol–water partition coefficient (Wildman–Crippen LogP) is 5.35. The minimum atomic E-state index is -0.566. The molecule has 1 aliphatic rings. The van der Waals surface area contributed by atoms with Gasteiger partial charge in [0.2, 0.25) is 5.91 Å². The van der Waals surface area contributed by atoms with Crippen LogP contribution in [0, 0.1) is 5.92 Å². The number of ether oxygens (including phenoxy) is 1. The highest BCUT2D eigenvalue weighted by Gasteiger charge is 2.49. The van der Waals surface area contributed by atoms with Gasteiger partial charge in [0.15, 0.2) is 0 Å². The third-order valence-corrected chi connectivity index (χ3v) is 7.08. The molecule has 6 nitrogen and oxygen atoms in total. The molecule has 1 N–H and O–H groups in total. The van der Waals surface area contributed by atoms with Crippen LogP contribution < -0.4 is 5.32 Å². The number of esters is 1. The summed E-state index contributed by atoms with van der Waals surface area (Å²) in [5.41, 5.74) is 0.576. The molecule has 35 heavy (non-hydrogen) atoms. The summed E-state index contributed by atoms with van der Waals surface area (Å²) in [6.45, 7) is 12.4. The monoisotopic (exact) mass is 481 g/mol. The number of hydrogen-bond donors (Lipinski definition) is 1. The second-order valence-electron chi connectivity index (χ2n) is 10.9. The molecular weight excluding hydrogens is 438 g/mol. The molecule has 1 amide bonds. The van der Waals surface area contributed by atoms with Gasteiger partial charge in [-0.05, 0) is 57.2 Å². The largest absolute Gasteiger partial charge is 0.459 e. The first-order valence-electron chi connectivity index (χ1n) is 13.0. The zero-order chi connectivity index (χ0) is 25.6. The van der Waals surface area contributed by atoms with Crippen LogP contribution in [0.2, 0.25) is 0 Å². The maximum atomic E-state index is 13.5. The standard InChI is InChI=1S/C29H43N3O3/c1-7-22(8-2)18-24(30-21(3)33)27-25(31-16-12-13-17-31)19-26(28(34)35-29(4,5)6)32(27)20-23-14-10-9-11-15-23/h9-17,22,24-27H,7-8,18-20H2,1-6H3,(H,30,33)/t24-,25+,26+,27-/m0/s1. The highest BCUT2D eigenvalue weighted by molar-refractivity contribution is 5.77. The van der Waals surface area contributed by atoms with E-state index < -0.39 is 11.6 Å². The lowest BCUT2D eigenvalue weighted by Crippen LogP contribution is -2.54. The highest BCUT2D eigenvalue weighted by atomic mass is 16.6. The molecule has 1 fully saturated rings. The van der Waals surface area contributed by atoms with E-state index in [0.29, 0.717) is 18.9 Å². The molecule has 2 heterocycles. The number of carbonyl (C=O) groups is 2. The SMILES string of the molecule is CCC(CC)C[C@H](NC(C)=O)[C@H]1[C@H](n2cccc2)C[C@H](C(=O)OC(C)(C)C)N1Cc1ccccc1. The van der Waals surface area contributed by atoms with Crippen molar-refractivity contribution in [3.8, 4) is 0 Å². The molecule has 0 radical (unpaired) electrons. The fraction of sp³-hybridized carbons (Fsp3) is 0.586. The van der Waals surface area contributed by atoms with Crippen LogP contribution >= 0.6 is 0 Å². The lowest BCUT2D eigenvalue weighted by atomic mass is 9.88. The summed E-state index contributed by atoms with van der Waals surface area (Å²) < 4.78 is 8.11. The van der Waals surface area contributed by atoms with Crippen molar-refractivity contribution < 1.29 is 14.3 Å². The first-order chi connectivity index (χ1) is 16.6. The number of nitrogens with zero attached hydrogens (tertiary/aromatic N) is 2. The average Bonchev–Trinajstić information content (AvgIpc) is 3.44. The van der Waals surface area contributed by atoms with Crippen molar-refractivity contribution >= 4 is 11.9 Å². The Labute approximate surface area is 211 Å². The van der Waals surface area contributed by atoms with Gasteiger partial charge in [-0.3, -0.25) is 14.5 Å². The molecule has 3 rings (SSSR count). The average molecular weight is 482 g/mol. The van der Waals surface area contributed by atoms with Gasteiger partial charge >= 0.3 is 5.97 Å². The van der Waals surface area contributed by atoms with Gasteiger partial charge in [0.05, 0.1) is 12.1 Å². The van der Waals surface area contributed by atoms with Crippen LogP contribution in [-0.2, 0) is 20.9 Å². The predicted molar refractivity (Wildman–Crippen MR) is 140 cm³/mol. The van der Waals surface area contributed by atoms with Crippen LogP contribution in [0.4, 0.5) is 0 Å². The van der Waals surface area contributed by atoms with Gasteiger partial charge in [0.25, 0.3) is 0 Å². The molecule has 0 spiro atoms. The summed E-state index contributed by atoms with van der Waals surface area (Å²) in [4.78, 5) is 28.2. The Bertz CT molecular complexity index is 932. The molecule has 192 valence electrons. The Balaban J connectivity index is 2.07. The molecule has 1 aromatic heterocycles. The lowest BCUT2D eigenvalue weighted by Gasteiger charge is -2.38. The zero-order valence-electron chi connectivity index (χ0n) is 22.2. The first kappa shape index (κ1) is 27.0.